The van der Waals surface area contributed by atoms with Gasteiger partial charge in [-0.1, -0.05) is 6.07 Å². The molecule has 0 atom stereocenters. The van der Waals surface area contributed by atoms with Crippen LogP contribution >= 0.6 is 0 Å². The summed E-state index contributed by atoms with van der Waals surface area (Å²) < 4.78 is 52.2. The van der Waals surface area contributed by atoms with E-state index in [0.29, 0.717) is 0 Å². The van der Waals surface area contributed by atoms with Crippen LogP contribution in [-0.2, 0) is 24.8 Å². The molecule has 28 heavy (non-hydrogen) atoms. The highest BCUT2D eigenvalue weighted by molar-refractivity contribution is 7.92. The third-order valence-electron chi connectivity index (χ3n) is 3.21. The molecule has 0 radical (unpaired) electrons. The van der Waals surface area contributed by atoms with E-state index in [1.54, 1.807) is 6.07 Å². The van der Waals surface area contributed by atoms with Gasteiger partial charge >= 0.3 is 0 Å². The molecule has 0 saturated carbocycles. The molecule has 12 heteroatoms. The fraction of sp³-hybridized carbons (Fsp3) is 0.125. The van der Waals surface area contributed by atoms with Crippen molar-refractivity contribution in [1.82, 2.24) is 0 Å². The first-order valence-electron chi connectivity index (χ1n) is 7.61. The number of nitrogens with zero attached hydrogens (tertiary/aromatic N) is 1. The van der Waals surface area contributed by atoms with Gasteiger partial charge in [-0.15, -0.1) is 0 Å². The number of carbonyl (C=O) groups excluding carboxylic acids is 1. The van der Waals surface area contributed by atoms with E-state index in [0.717, 1.165) is 24.5 Å². The van der Waals surface area contributed by atoms with E-state index in [9.17, 15) is 26.7 Å². The lowest BCUT2D eigenvalue weighted by Crippen LogP contribution is -2.15. The van der Waals surface area contributed by atoms with Crippen LogP contribution in [0.15, 0.2) is 47.4 Å². The minimum absolute atomic E-state index is 0.0943. The van der Waals surface area contributed by atoms with Crippen molar-refractivity contribution in [2.45, 2.75) is 11.3 Å². The highest BCUT2D eigenvalue weighted by atomic mass is 32.2. The molecular weight excluding hydrogens is 408 g/mol. The van der Waals surface area contributed by atoms with Crippen LogP contribution in [0.3, 0.4) is 0 Å². The van der Waals surface area contributed by atoms with Gasteiger partial charge < -0.3 is 10.4 Å². The second kappa shape index (κ2) is 8.15. The number of phenols is 1. The van der Waals surface area contributed by atoms with Crippen molar-refractivity contribution in [3.8, 4) is 11.8 Å². The molecule has 0 spiro atoms. The first kappa shape index (κ1) is 21.0. The van der Waals surface area contributed by atoms with E-state index in [2.05, 4.69) is 14.8 Å². The van der Waals surface area contributed by atoms with E-state index < -0.39 is 32.4 Å². The Labute approximate surface area is 161 Å². The quantitative estimate of drug-likeness (QED) is 0.488. The highest BCUT2D eigenvalue weighted by Crippen LogP contribution is 2.28. The lowest BCUT2D eigenvalue weighted by Gasteiger charge is -2.12. The van der Waals surface area contributed by atoms with Gasteiger partial charge in [-0.3, -0.25) is 14.2 Å². The van der Waals surface area contributed by atoms with Gasteiger partial charge in [0.1, 0.15) is 12.2 Å². The highest BCUT2D eigenvalue weighted by Gasteiger charge is 2.18. The lowest BCUT2D eigenvalue weighted by molar-refractivity contribution is -0.115. The van der Waals surface area contributed by atoms with Crippen LogP contribution in [-0.4, -0.2) is 34.1 Å². The number of sulfonamides is 2. The molecule has 0 heterocycles. The molecule has 0 bridgehead atoms. The van der Waals surface area contributed by atoms with Gasteiger partial charge in [-0.05, 0) is 36.4 Å². The number of phenolic OH excluding ortho intramolecular Hbond substituents is 1. The summed E-state index contributed by atoms with van der Waals surface area (Å²) in [4.78, 5) is 11.2. The molecule has 0 aliphatic heterocycles. The monoisotopic (exact) mass is 424 g/mol. The summed E-state index contributed by atoms with van der Waals surface area (Å²) >= 11 is 0. The summed E-state index contributed by atoms with van der Waals surface area (Å²) in [7, 11) is -7.65. The minimum atomic E-state index is -4.12. The Morgan fingerprint density at radius 2 is 1.71 bits per heavy atom. The fourth-order valence-electron chi connectivity index (χ4n) is 2.12. The van der Waals surface area contributed by atoms with Gasteiger partial charge in [0, 0.05) is 0 Å². The van der Waals surface area contributed by atoms with E-state index in [1.165, 1.54) is 24.3 Å². The van der Waals surface area contributed by atoms with Crippen molar-refractivity contribution < 1.29 is 26.7 Å². The maximum absolute atomic E-state index is 12.6. The van der Waals surface area contributed by atoms with Crippen molar-refractivity contribution >= 4 is 43.0 Å². The molecular formula is C16H16N4O6S2. The van der Waals surface area contributed by atoms with Gasteiger partial charge in [-0.25, -0.2) is 16.8 Å². The zero-order chi connectivity index (χ0) is 20.9. The number of aromatic hydroxyl groups is 1. The van der Waals surface area contributed by atoms with Crippen LogP contribution in [0.25, 0.3) is 0 Å². The number of nitriles is 1. The molecule has 0 aliphatic rings. The Bertz CT molecular complexity index is 1150. The summed E-state index contributed by atoms with van der Waals surface area (Å²) in [5.74, 6) is -1.08. The number of rotatable bonds is 7. The number of carbonyl (C=O) groups is 1. The molecule has 0 fully saturated rings. The Balaban J connectivity index is 2.29. The van der Waals surface area contributed by atoms with E-state index in [4.69, 9.17) is 5.26 Å². The molecule has 0 unspecified atom stereocenters. The summed E-state index contributed by atoms with van der Waals surface area (Å²) in [6, 6.07) is 10.5. The molecule has 0 aromatic heterocycles. The molecule has 2 aromatic carbocycles. The second-order valence-electron chi connectivity index (χ2n) is 5.62. The van der Waals surface area contributed by atoms with Crippen LogP contribution in [0.2, 0.25) is 0 Å². The second-order valence-corrected chi connectivity index (χ2v) is 9.05. The Morgan fingerprint density at radius 1 is 1.07 bits per heavy atom. The number of amides is 1. The maximum Gasteiger partial charge on any atom is 0.261 e. The molecule has 2 rings (SSSR count). The number of benzene rings is 2. The molecule has 4 N–H and O–H groups in total. The summed E-state index contributed by atoms with van der Waals surface area (Å²) in [6.45, 7) is 0. The average molecular weight is 424 g/mol. The molecule has 1 amide bonds. The first-order chi connectivity index (χ1) is 13.0. The number of nitrogens with one attached hydrogen (secondary N) is 3. The Hall–Kier alpha value is -3.30. The normalized spacial score (nSPS) is 11.3. The standard InChI is InChI=1S/C16H16N4O6S2/c1-27(23,24)19-11-3-2-4-12(9-11)20-28(25,26)13-5-6-15(21)14(10-13)18-16(22)7-8-17/h2-6,9-10,19-21H,7H2,1H3,(H,18,22). The van der Waals surface area contributed by atoms with Crippen molar-refractivity contribution in [1.29, 1.82) is 5.26 Å². The summed E-state index contributed by atoms with van der Waals surface area (Å²) in [6.07, 6.45) is 0.497. The zero-order valence-electron chi connectivity index (χ0n) is 14.5. The van der Waals surface area contributed by atoms with E-state index >= 15 is 0 Å². The van der Waals surface area contributed by atoms with Gasteiger partial charge in [0.2, 0.25) is 15.9 Å². The van der Waals surface area contributed by atoms with E-state index in [-0.39, 0.29) is 27.7 Å². The van der Waals surface area contributed by atoms with Crippen LogP contribution in [0.1, 0.15) is 6.42 Å². The van der Waals surface area contributed by atoms with Crippen LogP contribution in [0.4, 0.5) is 17.1 Å². The van der Waals surface area contributed by atoms with Crippen LogP contribution < -0.4 is 14.8 Å². The third-order valence-corrected chi connectivity index (χ3v) is 5.20. The first-order valence-corrected chi connectivity index (χ1v) is 11.0. The summed E-state index contributed by atoms with van der Waals surface area (Å²) in [5, 5.41) is 20.5. The predicted molar refractivity (Wildman–Crippen MR) is 103 cm³/mol. The van der Waals surface area contributed by atoms with Crippen LogP contribution in [0, 0.1) is 11.3 Å². The number of anilines is 3. The van der Waals surface area contributed by atoms with Crippen LogP contribution in [0.5, 0.6) is 5.75 Å². The third kappa shape index (κ3) is 5.86. The molecule has 2 aromatic rings. The largest absolute Gasteiger partial charge is 0.506 e. The Kier molecular flexibility index (Phi) is 6.12. The van der Waals surface area contributed by atoms with Gasteiger partial charge in [0.05, 0.1) is 34.3 Å². The maximum atomic E-state index is 12.6. The van der Waals surface area contributed by atoms with Gasteiger partial charge in [0.15, 0.2) is 0 Å². The Morgan fingerprint density at radius 3 is 2.32 bits per heavy atom. The minimum Gasteiger partial charge on any atom is -0.506 e. The average Bonchev–Trinajstić information content (AvgIpc) is 2.55. The van der Waals surface area contributed by atoms with Gasteiger partial charge in [0.25, 0.3) is 10.0 Å². The smallest absolute Gasteiger partial charge is 0.261 e. The number of hydrogen-bond acceptors (Lipinski definition) is 7. The SMILES string of the molecule is CS(=O)(=O)Nc1cccc(NS(=O)(=O)c2ccc(O)c(NC(=O)CC#N)c2)c1. The zero-order valence-corrected chi connectivity index (χ0v) is 16.1. The van der Waals surface area contributed by atoms with Crippen molar-refractivity contribution in [3.05, 3.63) is 42.5 Å². The fourth-order valence-corrected chi connectivity index (χ4v) is 3.75. The lowest BCUT2D eigenvalue weighted by atomic mass is 10.3. The van der Waals surface area contributed by atoms with Gasteiger partial charge in [-0.2, -0.15) is 5.26 Å². The topological polar surface area (TPSA) is 165 Å². The molecule has 148 valence electrons. The molecule has 10 nitrogen and oxygen atoms in total. The number of hydrogen-bond donors (Lipinski definition) is 4. The van der Waals surface area contributed by atoms with E-state index in [1.807, 2.05) is 0 Å². The summed E-state index contributed by atoms with van der Waals surface area (Å²) in [5.41, 5.74) is 0.0882. The molecule has 0 aliphatic carbocycles. The van der Waals surface area contributed by atoms with Crippen molar-refractivity contribution in [2.24, 2.45) is 0 Å². The molecule has 0 saturated heterocycles. The van der Waals surface area contributed by atoms with Crippen molar-refractivity contribution in [2.75, 3.05) is 21.0 Å². The predicted octanol–water partition coefficient (Wildman–Crippen LogP) is 1.42. The van der Waals surface area contributed by atoms with Crippen molar-refractivity contribution in [3.63, 3.8) is 0 Å².